The number of rotatable bonds is 7. The monoisotopic (exact) mass is 430 g/mol. The molecule has 27 heavy (non-hydrogen) atoms. The van der Waals surface area contributed by atoms with E-state index in [1.165, 1.54) is 6.07 Å². The van der Waals surface area contributed by atoms with Crippen molar-refractivity contribution in [2.75, 3.05) is 19.1 Å². The number of anilines is 1. The van der Waals surface area contributed by atoms with Crippen LogP contribution in [0.5, 0.6) is 11.5 Å². The number of benzene rings is 2. The van der Waals surface area contributed by atoms with E-state index < -0.39 is 0 Å². The molecular weight excluding hydrogens is 411 g/mol. The second kappa shape index (κ2) is 8.86. The van der Waals surface area contributed by atoms with Gasteiger partial charge in [0.2, 0.25) is 0 Å². The predicted molar refractivity (Wildman–Crippen MR) is 108 cm³/mol. The van der Waals surface area contributed by atoms with E-state index in [4.69, 9.17) is 9.47 Å². The lowest BCUT2D eigenvalue weighted by atomic mass is 10.1. The molecule has 0 amide bonds. The molecule has 1 heterocycles. The highest BCUT2D eigenvalue weighted by Crippen LogP contribution is 2.25. The van der Waals surface area contributed by atoms with Crippen LogP contribution in [0.1, 0.15) is 11.1 Å². The molecule has 4 nitrogen and oxygen atoms in total. The van der Waals surface area contributed by atoms with Crippen LogP contribution < -0.4 is 14.4 Å². The van der Waals surface area contributed by atoms with Crippen LogP contribution in [-0.2, 0) is 13.1 Å². The predicted octanol–water partition coefficient (Wildman–Crippen LogP) is 5.21. The molecule has 0 spiro atoms. The van der Waals surface area contributed by atoms with Crippen LogP contribution in [0.15, 0.2) is 65.3 Å². The highest BCUT2D eigenvalue weighted by molar-refractivity contribution is 9.10. The van der Waals surface area contributed by atoms with E-state index in [1.54, 1.807) is 20.4 Å². The Kier molecular flexibility index (Phi) is 6.29. The maximum Gasteiger partial charge on any atom is 0.166 e. The fraction of sp³-hybridized carbons (Fsp3) is 0.190. The molecule has 0 saturated heterocycles. The van der Waals surface area contributed by atoms with Crippen LogP contribution in [0.3, 0.4) is 0 Å². The fourth-order valence-corrected chi connectivity index (χ4v) is 3.05. The van der Waals surface area contributed by atoms with Crippen LogP contribution in [0.25, 0.3) is 0 Å². The number of halogens is 2. The lowest BCUT2D eigenvalue weighted by molar-refractivity contribution is 0.414. The number of hydrogen-bond acceptors (Lipinski definition) is 4. The third-order valence-electron chi connectivity index (χ3n) is 4.15. The first-order valence-electron chi connectivity index (χ1n) is 8.41. The summed E-state index contributed by atoms with van der Waals surface area (Å²) >= 11 is 3.26. The van der Waals surface area contributed by atoms with E-state index in [-0.39, 0.29) is 5.82 Å². The molecule has 1 aromatic heterocycles. The van der Waals surface area contributed by atoms with Crippen molar-refractivity contribution in [3.8, 4) is 11.5 Å². The Bertz CT molecular complexity index is 836. The number of pyridine rings is 1. The van der Waals surface area contributed by atoms with Gasteiger partial charge in [-0.1, -0.05) is 24.3 Å². The van der Waals surface area contributed by atoms with Gasteiger partial charge in [0.25, 0.3) is 0 Å². The summed E-state index contributed by atoms with van der Waals surface area (Å²) in [7, 11) is 3.26. The molecule has 6 heteroatoms. The minimum absolute atomic E-state index is 0.310. The average Bonchev–Trinajstić information content (AvgIpc) is 2.69. The Morgan fingerprint density at radius 3 is 1.78 bits per heavy atom. The molecule has 0 bridgehead atoms. The summed E-state index contributed by atoms with van der Waals surface area (Å²) in [5.41, 5.74) is 2.07. The van der Waals surface area contributed by atoms with Crippen LogP contribution in [0, 0.1) is 5.82 Å². The fourth-order valence-electron chi connectivity index (χ4n) is 2.75. The van der Waals surface area contributed by atoms with Gasteiger partial charge in [0, 0.05) is 23.8 Å². The Balaban J connectivity index is 1.89. The lowest BCUT2D eigenvalue weighted by Crippen LogP contribution is -2.24. The van der Waals surface area contributed by atoms with E-state index in [0.29, 0.717) is 23.4 Å². The SMILES string of the molecule is COc1ccc(CN(Cc2ccc(OC)cc2)c2ncc(Br)cc2F)cc1. The standard InChI is InChI=1S/C21H20BrFN2O2/c1-26-18-7-3-15(4-8-18)13-25(21-20(23)11-17(22)12-24-21)14-16-5-9-19(27-2)10-6-16/h3-12H,13-14H2,1-2H3. The van der Waals surface area contributed by atoms with E-state index in [0.717, 1.165) is 22.6 Å². The maximum absolute atomic E-state index is 14.6. The van der Waals surface area contributed by atoms with Crippen molar-refractivity contribution in [2.45, 2.75) is 13.1 Å². The average molecular weight is 431 g/mol. The minimum atomic E-state index is -0.369. The summed E-state index contributed by atoms with van der Waals surface area (Å²) in [6, 6.07) is 16.9. The molecule has 0 aliphatic heterocycles. The lowest BCUT2D eigenvalue weighted by Gasteiger charge is -2.25. The molecule has 0 N–H and O–H groups in total. The maximum atomic E-state index is 14.6. The van der Waals surface area contributed by atoms with Crippen LogP contribution in [0.4, 0.5) is 10.2 Å². The molecule has 0 aliphatic carbocycles. The van der Waals surface area contributed by atoms with Crippen molar-refractivity contribution >= 4 is 21.7 Å². The molecule has 0 radical (unpaired) electrons. The Morgan fingerprint density at radius 1 is 0.889 bits per heavy atom. The summed E-state index contributed by atoms with van der Waals surface area (Å²) < 4.78 is 25.6. The summed E-state index contributed by atoms with van der Waals surface area (Å²) in [5, 5.41) is 0. The largest absolute Gasteiger partial charge is 0.497 e. The number of ether oxygens (including phenoxy) is 2. The van der Waals surface area contributed by atoms with Crippen LogP contribution in [0.2, 0.25) is 0 Å². The first kappa shape index (κ1) is 19.2. The Labute approximate surface area is 166 Å². The van der Waals surface area contributed by atoms with Gasteiger partial charge in [-0.2, -0.15) is 0 Å². The van der Waals surface area contributed by atoms with Gasteiger partial charge in [-0.05, 0) is 57.4 Å². The van der Waals surface area contributed by atoms with Gasteiger partial charge in [-0.25, -0.2) is 9.37 Å². The first-order chi connectivity index (χ1) is 13.1. The van der Waals surface area contributed by atoms with E-state index in [2.05, 4.69) is 20.9 Å². The van der Waals surface area contributed by atoms with Crippen LogP contribution >= 0.6 is 15.9 Å². The Morgan fingerprint density at radius 2 is 1.37 bits per heavy atom. The summed E-state index contributed by atoms with van der Waals surface area (Å²) in [6.45, 7) is 1.03. The number of nitrogens with zero attached hydrogens (tertiary/aromatic N) is 2. The van der Waals surface area contributed by atoms with E-state index in [1.807, 2.05) is 53.4 Å². The van der Waals surface area contributed by atoms with Gasteiger partial charge in [0.15, 0.2) is 11.6 Å². The van der Waals surface area contributed by atoms with Crippen molar-refractivity contribution in [2.24, 2.45) is 0 Å². The molecule has 2 aromatic carbocycles. The smallest absolute Gasteiger partial charge is 0.166 e. The molecule has 3 aromatic rings. The normalized spacial score (nSPS) is 10.5. The second-order valence-corrected chi connectivity index (χ2v) is 6.93. The van der Waals surface area contributed by atoms with Crippen molar-refractivity contribution in [1.82, 2.24) is 4.98 Å². The van der Waals surface area contributed by atoms with Gasteiger partial charge in [-0.3, -0.25) is 0 Å². The molecule has 0 unspecified atom stereocenters. The Hall–Kier alpha value is -2.60. The summed E-state index contributed by atoms with van der Waals surface area (Å²) in [4.78, 5) is 6.20. The van der Waals surface area contributed by atoms with E-state index in [9.17, 15) is 4.39 Å². The van der Waals surface area contributed by atoms with Crippen molar-refractivity contribution < 1.29 is 13.9 Å². The number of aromatic nitrogens is 1. The zero-order valence-corrected chi connectivity index (χ0v) is 16.7. The zero-order valence-electron chi connectivity index (χ0n) is 15.2. The van der Waals surface area contributed by atoms with Gasteiger partial charge in [0.1, 0.15) is 11.5 Å². The van der Waals surface area contributed by atoms with Crippen LogP contribution in [-0.4, -0.2) is 19.2 Å². The summed E-state index contributed by atoms with van der Waals surface area (Å²) in [5.74, 6) is 1.51. The molecular formula is C21H20BrFN2O2. The zero-order chi connectivity index (χ0) is 19.2. The quantitative estimate of drug-likeness (QED) is 0.515. The molecule has 3 rings (SSSR count). The molecule has 0 saturated carbocycles. The van der Waals surface area contributed by atoms with Gasteiger partial charge in [-0.15, -0.1) is 0 Å². The minimum Gasteiger partial charge on any atom is -0.497 e. The molecule has 0 fully saturated rings. The van der Waals surface area contributed by atoms with Gasteiger partial charge >= 0.3 is 0 Å². The third-order valence-corrected chi connectivity index (χ3v) is 4.59. The van der Waals surface area contributed by atoms with Crippen molar-refractivity contribution in [1.29, 1.82) is 0 Å². The second-order valence-electron chi connectivity index (χ2n) is 6.01. The molecule has 140 valence electrons. The highest BCUT2D eigenvalue weighted by atomic mass is 79.9. The van der Waals surface area contributed by atoms with Crippen molar-refractivity contribution in [3.63, 3.8) is 0 Å². The topological polar surface area (TPSA) is 34.6 Å². The van der Waals surface area contributed by atoms with Crippen molar-refractivity contribution in [3.05, 3.63) is 82.2 Å². The van der Waals surface area contributed by atoms with Gasteiger partial charge < -0.3 is 14.4 Å². The highest BCUT2D eigenvalue weighted by Gasteiger charge is 2.15. The molecule has 0 aliphatic rings. The third kappa shape index (κ3) is 4.98. The van der Waals surface area contributed by atoms with E-state index >= 15 is 0 Å². The van der Waals surface area contributed by atoms with Gasteiger partial charge in [0.05, 0.1) is 14.2 Å². The first-order valence-corrected chi connectivity index (χ1v) is 9.20. The summed E-state index contributed by atoms with van der Waals surface area (Å²) in [6.07, 6.45) is 1.60. The number of methoxy groups -OCH3 is 2. The molecule has 0 atom stereocenters. The number of hydrogen-bond donors (Lipinski definition) is 0.